The summed E-state index contributed by atoms with van der Waals surface area (Å²) in [6, 6.07) is -27.4. The molecule has 0 N–H and O–H groups in total. The average Bonchev–Trinajstić information content (AvgIpc) is 1.62. The van der Waals surface area contributed by atoms with Crippen molar-refractivity contribution < 1.29 is 46.6 Å². The lowest BCUT2D eigenvalue weighted by Crippen LogP contribution is -2.15. The molecule has 0 spiro atoms. The molecule has 0 fully saturated rings. The molecule has 12 rings (SSSR count). The van der Waals surface area contributed by atoms with Crippen LogP contribution in [0.25, 0.3) is 109 Å². The largest absolute Gasteiger partial charge is 0.0633 e. The molecule has 1 aliphatic carbocycles. The Hall–Kier alpha value is -6.50. The van der Waals surface area contributed by atoms with Crippen LogP contribution < -0.4 is 0 Å². The molecule has 11 aromatic carbocycles. The van der Waals surface area contributed by atoms with Gasteiger partial charge in [-0.15, -0.1) is 0 Å². The van der Waals surface area contributed by atoms with E-state index in [2.05, 4.69) is 0 Å². The van der Waals surface area contributed by atoms with Crippen LogP contribution in [0.5, 0.6) is 0 Å². The van der Waals surface area contributed by atoms with E-state index in [1.807, 2.05) is 0 Å². The zero-order valence-electron chi connectivity index (χ0n) is 60.5. The van der Waals surface area contributed by atoms with E-state index in [-0.39, 0.29) is 16.2 Å². The highest BCUT2D eigenvalue weighted by molar-refractivity contribution is 6.26. The molecular weight excluding hydrogens is 637 g/mol. The van der Waals surface area contributed by atoms with Gasteiger partial charge in [0.1, 0.15) is 0 Å². The molecule has 53 heavy (non-hydrogen) atoms. The molecule has 1 aliphatic rings. The van der Waals surface area contributed by atoms with Gasteiger partial charge in [0.2, 0.25) is 0 Å². The van der Waals surface area contributed by atoms with Crippen molar-refractivity contribution in [3.05, 3.63) is 180 Å². The van der Waals surface area contributed by atoms with Gasteiger partial charge in [-0.25, -0.2) is 0 Å². The van der Waals surface area contributed by atoms with E-state index in [0.29, 0.717) is 0 Å². The lowest BCUT2D eigenvalue weighted by atomic mass is 9.80. The number of hydrogen-bond acceptors (Lipinski definition) is 0. The third-order valence-electron chi connectivity index (χ3n) is 9.62. The van der Waals surface area contributed by atoms with Gasteiger partial charge >= 0.3 is 0 Å². The molecule has 0 radical (unpaired) electrons. The fourth-order valence-electron chi connectivity index (χ4n) is 7.19. The van der Waals surface area contributed by atoms with E-state index in [4.69, 9.17) is 17.8 Å². The van der Waals surface area contributed by atoms with Gasteiger partial charge in [0.05, 0.1) is 38.4 Å². The first kappa shape index (κ1) is 11.5. The van der Waals surface area contributed by atoms with Crippen molar-refractivity contribution in [1.82, 2.24) is 0 Å². The van der Waals surface area contributed by atoms with E-state index < -0.39 is 292 Å². The van der Waals surface area contributed by atoms with Gasteiger partial charge in [0, 0.05) is 13.6 Å². The summed E-state index contributed by atoms with van der Waals surface area (Å²) in [5.41, 5.74) is -14.0. The van der Waals surface area contributed by atoms with E-state index in [1.165, 1.54) is 0 Å². The van der Waals surface area contributed by atoms with Crippen molar-refractivity contribution in [3.63, 3.8) is 0 Å². The third-order valence-corrected chi connectivity index (χ3v) is 9.62. The Balaban J connectivity index is 1.20. The van der Waals surface area contributed by atoms with Crippen LogP contribution in [0.15, 0.2) is 169 Å². The summed E-state index contributed by atoms with van der Waals surface area (Å²) < 4.78 is 312. The van der Waals surface area contributed by atoms with Crippen molar-refractivity contribution >= 4 is 64.6 Å². The van der Waals surface area contributed by atoms with Crippen LogP contribution in [0.4, 0.5) is 0 Å². The number of fused-ring (bicyclic) bond motifs is 3. The molecule has 0 saturated heterocycles. The van der Waals surface area contributed by atoms with Crippen molar-refractivity contribution in [2.75, 3.05) is 0 Å². The van der Waals surface area contributed by atoms with Gasteiger partial charge in [-0.05, 0) is 132 Å². The molecule has 11 aromatic rings. The predicted octanol–water partition coefficient (Wildman–Crippen LogP) is 14.8. The van der Waals surface area contributed by atoms with Crippen LogP contribution in [-0.2, 0) is 5.41 Å². The normalized spacial score (nSPS) is 23.2. The second kappa shape index (κ2) is 10.3. The summed E-state index contributed by atoms with van der Waals surface area (Å²) in [5.74, 6) is 0. The molecule has 0 aromatic heterocycles. The summed E-state index contributed by atoms with van der Waals surface area (Å²) in [5, 5.41) is -5.68. The van der Waals surface area contributed by atoms with Crippen molar-refractivity contribution in [2.45, 2.75) is 19.1 Å². The van der Waals surface area contributed by atoms with Crippen LogP contribution in [0.2, 0.25) is 0 Å². The SMILES string of the molecule is [2H]c1c([2H])c(-c2c([2H])c([2H])c3c([2H])c([2H])c4c([2H])c([2H])c([2H])c5c([2H])c([2H])c2c3c45)c([2H])c([2H])c1-c1c([2H])c([2H])c2c(c1[2H])C(C([2H])([2H])[2H])(C([2H])([2H])[2H])c1c([2H])c(-c3c([2H])c([2H])c4c([2H])c([2H])c5c([2H])c([2H])c([2H])c6c([2H])c([2H])c3c4c56)c([2H])c([2H])c1-2. The molecule has 0 nitrogen and oxygen atoms in total. The molecule has 0 bridgehead atoms. The first-order valence-corrected chi connectivity index (χ1v) is 16.0. The second-order valence-electron chi connectivity index (χ2n) is 12.5. The fraction of sp³-hybridized carbons (Fsp3) is 0.0566. The van der Waals surface area contributed by atoms with E-state index >= 15 is 0 Å². The highest BCUT2D eigenvalue weighted by Crippen LogP contribution is 2.51. The molecule has 0 heteroatoms. The highest BCUT2D eigenvalue weighted by atomic mass is 14.4. The minimum Gasteiger partial charge on any atom is -0.0610 e. The second-order valence-corrected chi connectivity index (χ2v) is 12.5. The fourth-order valence-corrected chi connectivity index (χ4v) is 7.19. The maximum atomic E-state index is 9.99. The first-order valence-electron chi connectivity index (χ1n) is 33.0. The zero-order valence-corrected chi connectivity index (χ0v) is 26.5. The summed E-state index contributed by atoms with van der Waals surface area (Å²) in [6.45, 7) is -8.17. The van der Waals surface area contributed by atoms with Crippen LogP contribution in [-0.4, -0.2) is 0 Å². The predicted molar refractivity (Wildman–Crippen MR) is 228 cm³/mol. The Morgan fingerprint density at radius 3 is 1.25 bits per heavy atom. The van der Waals surface area contributed by atoms with Crippen molar-refractivity contribution in [1.29, 1.82) is 0 Å². The minimum absolute atomic E-state index is 0.320. The molecule has 246 valence electrons. The zero-order chi connectivity index (χ0) is 64.4. The van der Waals surface area contributed by atoms with Gasteiger partial charge in [0.15, 0.2) is 0 Å². The smallest absolute Gasteiger partial charge is 0.0610 e. The van der Waals surface area contributed by atoms with Crippen molar-refractivity contribution in [3.8, 4) is 44.5 Å². The molecule has 0 atom stereocenters. The van der Waals surface area contributed by atoms with Crippen molar-refractivity contribution in [2.24, 2.45) is 0 Å². The molecular formula is C53H34. The Kier molecular flexibility index (Phi) is 2.24. The van der Waals surface area contributed by atoms with Gasteiger partial charge < -0.3 is 0 Å². The quantitative estimate of drug-likeness (QED) is 0.161. The summed E-state index contributed by atoms with van der Waals surface area (Å²) in [4.78, 5) is 0. The Labute approximate surface area is 356 Å². The van der Waals surface area contributed by atoms with Gasteiger partial charge in [-0.2, -0.15) is 0 Å². The number of rotatable bonds is 3. The number of benzene rings is 11. The van der Waals surface area contributed by atoms with E-state index in [9.17, 15) is 28.8 Å². The molecule has 0 amide bonds. The third kappa shape index (κ3) is 3.96. The maximum Gasteiger partial charge on any atom is 0.0633 e. The highest BCUT2D eigenvalue weighted by Gasteiger charge is 2.36. The van der Waals surface area contributed by atoms with E-state index in [1.54, 1.807) is 0 Å². The molecule has 0 saturated carbocycles. The van der Waals surface area contributed by atoms with Crippen LogP contribution in [0.1, 0.15) is 71.4 Å². The van der Waals surface area contributed by atoms with Gasteiger partial charge in [-0.3, -0.25) is 0 Å². The Bertz CT molecular complexity index is 5050. The topological polar surface area (TPSA) is 0 Å². The van der Waals surface area contributed by atoms with Crippen LogP contribution in [0, 0.1) is 0 Å². The monoisotopic (exact) mass is 704 g/mol. The number of hydrogen-bond donors (Lipinski definition) is 0. The van der Waals surface area contributed by atoms with Gasteiger partial charge in [0.25, 0.3) is 0 Å². The Morgan fingerprint density at radius 1 is 0.340 bits per heavy atom. The molecule has 0 heterocycles. The van der Waals surface area contributed by atoms with Crippen LogP contribution in [0.3, 0.4) is 0 Å². The molecule has 0 aliphatic heterocycles. The average molecular weight is 705 g/mol. The minimum atomic E-state index is -4.08. The summed E-state index contributed by atoms with van der Waals surface area (Å²) in [7, 11) is 0. The Morgan fingerprint density at radius 2 is 0.717 bits per heavy atom. The summed E-state index contributed by atoms with van der Waals surface area (Å²) in [6.07, 6.45) is 0. The van der Waals surface area contributed by atoms with Crippen LogP contribution >= 0.6 is 0 Å². The standard InChI is InChI=1S/C53H34/c1-53(2)47-29-39(31-9-11-32(12-10-31)41-23-17-37-15-13-33-5-3-7-35-19-27-45(41)51(37)49(33)35)21-25-43(47)44-26-22-40(30-48(44)53)42-24-18-38-16-14-34-6-4-8-36-20-28-46(42)52(38)50(34)36/h3-30H,1-2H3/i1D3,2D3,3D,4D,5D,6D,7D,8D,9D,10D,11D,12D,13D,14D,15D,16D,17D,18D,19D,20D,21D,22D,23D,24D,25D,26D,27D,28D,29D,30D. The first-order chi connectivity index (χ1) is 40.2. The maximum absolute atomic E-state index is 9.99. The molecule has 0 unspecified atom stereocenters. The van der Waals surface area contributed by atoms with Gasteiger partial charge in [-0.1, -0.05) is 171 Å². The lowest BCUT2D eigenvalue weighted by molar-refractivity contribution is 0.661. The van der Waals surface area contributed by atoms with E-state index in [0.717, 1.165) is 0 Å². The summed E-state index contributed by atoms with van der Waals surface area (Å²) >= 11 is 0. The lowest BCUT2D eigenvalue weighted by Gasteiger charge is -2.23.